The van der Waals surface area contributed by atoms with Crippen molar-refractivity contribution in [3.05, 3.63) is 11.3 Å². The van der Waals surface area contributed by atoms with Gasteiger partial charge in [0.2, 0.25) is 5.88 Å². The van der Waals surface area contributed by atoms with Crippen molar-refractivity contribution in [2.45, 2.75) is 18.3 Å². The molecule has 0 aromatic rings. The van der Waals surface area contributed by atoms with Gasteiger partial charge in [-0.3, -0.25) is 0 Å². The Morgan fingerprint density at radius 3 is 2.19 bits per heavy atom. The predicted octanol–water partition coefficient (Wildman–Crippen LogP) is 1.46. The van der Waals surface area contributed by atoms with E-state index in [1.807, 2.05) is 0 Å². The molecule has 94 valence electrons. The predicted molar refractivity (Wildman–Crippen MR) is 50.9 cm³/mol. The van der Waals surface area contributed by atoms with Gasteiger partial charge in [0.1, 0.15) is 0 Å². The first-order chi connectivity index (χ1) is 7.28. The zero-order chi connectivity index (χ0) is 12.4. The van der Waals surface area contributed by atoms with Crippen LogP contribution >= 0.6 is 0 Å². The molecule has 0 radical (unpaired) electrons. The first-order valence-corrected chi connectivity index (χ1v) is 6.14. The van der Waals surface area contributed by atoms with E-state index >= 15 is 0 Å². The second kappa shape index (κ2) is 4.52. The lowest BCUT2D eigenvalue weighted by atomic mass is 10.4. The van der Waals surface area contributed by atoms with Gasteiger partial charge in [-0.1, -0.05) is 0 Å². The Kier molecular flexibility index (Phi) is 3.72. The summed E-state index contributed by atoms with van der Waals surface area (Å²) < 4.78 is 62.7. The molecule has 8 heteroatoms. The summed E-state index contributed by atoms with van der Waals surface area (Å²) in [6.45, 7) is 1.01. The summed E-state index contributed by atoms with van der Waals surface area (Å²) in [4.78, 5) is 1.48. The molecule has 0 aromatic carbocycles. The van der Waals surface area contributed by atoms with Crippen molar-refractivity contribution in [3.8, 4) is 0 Å². The number of likely N-dealkylation sites (tertiary alicyclic amines) is 1. The molecule has 1 rings (SSSR count). The van der Waals surface area contributed by atoms with Crippen LogP contribution in [0.5, 0.6) is 0 Å². The third kappa shape index (κ3) is 2.81. The molecule has 16 heavy (non-hydrogen) atoms. The average Bonchev–Trinajstić information content (AvgIpc) is 2.65. The van der Waals surface area contributed by atoms with Crippen LogP contribution in [0.15, 0.2) is 11.3 Å². The largest absolute Gasteiger partial charge is 0.501 e. The van der Waals surface area contributed by atoms with Gasteiger partial charge in [-0.25, -0.2) is 8.42 Å². The van der Waals surface area contributed by atoms with E-state index in [1.165, 1.54) is 4.90 Å². The highest BCUT2D eigenvalue weighted by Gasteiger charge is 2.45. The fourth-order valence-corrected chi connectivity index (χ4v) is 2.03. The molecule has 0 amide bonds. The van der Waals surface area contributed by atoms with Crippen molar-refractivity contribution in [1.29, 1.82) is 0 Å². The van der Waals surface area contributed by atoms with Crippen LogP contribution in [0.1, 0.15) is 12.8 Å². The van der Waals surface area contributed by atoms with Gasteiger partial charge in [0.15, 0.2) is 0 Å². The lowest BCUT2D eigenvalue weighted by Crippen LogP contribution is -2.25. The van der Waals surface area contributed by atoms with Crippen LogP contribution in [0.3, 0.4) is 0 Å². The molecule has 1 heterocycles. The van der Waals surface area contributed by atoms with Crippen LogP contribution in [-0.4, -0.2) is 39.0 Å². The maximum Gasteiger partial charge on any atom is 0.501 e. The molecule has 0 spiro atoms. The molecule has 0 atom stereocenters. The number of sulfone groups is 1. The zero-order valence-corrected chi connectivity index (χ0v) is 9.44. The summed E-state index contributed by atoms with van der Waals surface area (Å²) in [5, 5.41) is 0.137. The number of halogens is 3. The highest BCUT2D eigenvalue weighted by molar-refractivity contribution is 7.95. The van der Waals surface area contributed by atoms with E-state index in [0.29, 0.717) is 13.1 Å². The van der Waals surface area contributed by atoms with Gasteiger partial charge in [-0.2, -0.15) is 13.2 Å². The summed E-state index contributed by atoms with van der Waals surface area (Å²) in [6, 6.07) is 0. The van der Waals surface area contributed by atoms with Crippen LogP contribution < -0.4 is 0 Å². The average molecular weight is 259 g/mol. The van der Waals surface area contributed by atoms with Crippen LogP contribution in [0.2, 0.25) is 0 Å². The van der Waals surface area contributed by atoms with Gasteiger partial charge < -0.3 is 9.64 Å². The van der Waals surface area contributed by atoms with Gasteiger partial charge in [-0.15, -0.1) is 0 Å². The standard InChI is InChI=1S/C8H12F3NO3S/c1-15-7(12-4-2-3-5-12)6-16(13,14)8(9,10)11/h6H,2-5H2,1H3/b7-6-. The van der Waals surface area contributed by atoms with Crippen LogP contribution in [0, 0.1) is 0 Å². The Morgan fingerprint density at radius 1 is 1.31 bits per heavy atom. The number of nitrogens with zero attached hydrogens (tertiary/aromatic N) is 1. The van der Waals surface area contributed by atoms with Crippen molar-refractivity contribution < 1.29 is 26.3 Å². The van der Waals surface area contributed by atoms with E-state index in [-0.39, 0.29) is 11.3 Å². The molecule has 0 saturated carbocycles. The first-order valence-electron chi connectivity index (χ1n) is 4.60. The SMILES string of the molecule is CO/C(=C\S(=O)(=O)C(F)(F)F)N1CCCC1. The third-order valence-electron chi connectivity index (χ3n) is 2.21. The number of methoxy groups -OCH3 is 1. The minimum Gasteiger partial charge on any atom is -0.482 e. The quantitative estimate of drug-likeness (QED) is 0.720. The van der Waals surface area contributed by atoms with Crippen molar-refractivity contribution in [2.24, 2.45) is 0 Å². The Bertz CT molecular complexity index is 368. The summed E-state index contributed by atoms with van der Waals surface area (Å²) in [5.74, 6) is -0.255. The molecule has 0 unspecified atom stereocenters. The number of ether oxygens (including phenoxy) is 1. The minimum absolute atomic E-state index is 0.137. The Morgan fingerprint density at radius 2 is 1.81 bits per heavy atom. The maximum absolute atomic E-state index is 12.1. The van der Waals surface area contributed by atoms with Gasteiger partial charge in [0, 0.05) is 13.1 Å². The van der Waals surface area contributed by atoms with Crippen molar-refractivity contribution in [2.75, 3.05) is 20.2 Å². The molecule has 0 N–H and O–H groups in total. The molecule has 1 fully saturated rings. The lowest BCUT2D eigenvalue weighted by molar-refractivity contribution is -0.0425. The molecular formula is C8H12F3NO3S. The van der Waals surface area contributed by atoms with E-state index in [1.54, 1.807) is 0 Å². The van der Waals surface area contributed by atoms with E-state index in [4.69, 9.17) is 0 Å². The Balaban J connectivity index is 2.96. The smallest absolute Gasteiger partial charge is 0.482 e. The van der Waals surface area contributed by atoms with E-state index in [9.17, 15) is 21.6 Å². The zero-order valence-electron chi connectivity index (χ0n) is 8.62. The first kappa shape index (κ1) is 13.1. The van der Waals surface area contributed by atoms with Gasteiger partial charge in [0.05, 0.1) is 12.5 Å². The van der Waals surface area contributed by atoms with Gasteiger partial charge >= 0.3 is 5.51 Å². The van der Waals surface area contributed by atoms with Crippen molar-refractivity contribution in [1.82, 2.24) is 4.90 Å². The summed E-state index contributed by atoms with van der Waals surface area (Å²) in [6.07, 6.45) is 1.62. The molecular weight excluding hydrogens is 247 g/mol. The summed E-state index contributed by atoms with van der Waals surface area (Å²) in [5.41, 5.74) is -5.28. The molecule has 0 aromatic heterocycles. The monoisotopic (exact) mass is 259 g/mol. The second-order valence-corrected chi connectivity index (χ2v) is 5.13. The molecule has 0 bridgehead atoms. The fourth-order valence-electron chi connectivity index (χ4n) is 1.39. The van der Waals surface area contributed by atoms with Gasteiger partial charge in [0.25, 0.3) is 9.84 Å². The van der Waals surface area contributed by atoms with Crippen LogP contribution in [0.25, 0.3) is 0 Å². The topological polar surface area (TPSA) is 46.6 Å². The Hall–Kier alpha value is -0.920. The second-order valence-electron chi connectivity index (χ2n) is 3.35. The third-order valence-corrected chi connectivity index (χ3v) is 3.36. The highest BCUT2D eigenvalue weighted by atomic mass is 32.2. The molecule has 1 saturated heterocycles. The van der Waals surface area contributed by atoms with E-state index in [0.717, 1.165) is 20.0 Å². The van der Waals surface area contributed by atoms with Crippen LogP contribution in [-0.2, 0) is 14.6 Å². The minimum atomic E-state index is -5.28. The van der Waals surface area contributed by atoms with Gasteiger partial charge in [-0.05, 0) is 12.8 Å². The summed E-state index contributed by atoms with van der Waals surface area (Å²) >= 11 is 0. The maximum atomic E-state index is 12.1. The molecule has 4 nitrogen and oxygen atoms in total. The van der Waals surface area contributed by atoms with Crippen molar-refractivity contribution in [3.63, 3.8) is 0 Å². The number of rotatable bonds is 3. The normalized spacial score (nSPS) is 19.0. The molecule has 1 aliphatic rings. The van der Waals surface area contributed by atoms with Crippen molar-refractivity contribution >= 4 is 9.84 Å². The number of alkyl halides is 3. The number of hydrogen-bond donors (Lipinski definition) is 0. The number of hydrogen-bond acceptors (Lipinski definition) is 4. The van der Waals surface area contributed by atoms with E-state index < -0.39 is 15.3 Å². The molecule has 0 aliphatic carbocycles. The molecule has 1 aliphatic heterocycles. The van der Waals surface area contributed by atoms with E-state index in [2.05, 4.69) is 4.74 Å². The summed E-state index contributed by atoms with van der Waals surface area (Å²) in [7, 11) is -4.13. The highest BCUT2D eigenvalue weighted by Crippen LogP contribution is 2.27. The lowest BCUT2D eigenvalue weighted by Gasteiger charge is -2.19. The fraction of sp³-hybridized carbons (Fsp3) is 0.750. The Labute approximate surface area is 91.6 Å². The van der Waals surface area contributed by atoms with Crippen LogP contribution in [0.4, 0.5) is 13.2 Å².